The summed E-state index contributed by atoms with van der Waals surface area (Å²) in [7, 11) is 0. The van der Waals surface area contributed by atoms with Gasteiger partial charge in [-0.05, 0) is 36.4 Å². The summed E-state index contributed by atoms with van der Waals surface area (Å²) in [6, 6.07) is 21.7. The first kappa shape index (κ1) is 23.5. The monoisotopic (exact) mass is 509 g/mol. The van der Waals surface area contributed by atoms with Gasteiger partial charge in [0.05, 0.1) is 22.5 Å². The molecule has 0 atom stereocenters. The molecule has 1 N–H and O–H groups in total. The number of para-hydroxylation sites is 3. The third kappa shape index (κ3) is 4.93. The van der Waals surface area contributed by atoms with E-state index < -0.39 is 17.6 Å². The molecule has 0 aliphatic carbocycles. The second-order valence-electron chi connectivity index (χ2n) is 7.69. The van der Waals surface area contributed by atoms with E-state index in [1.807, 2.05) is 54.6 Å². The molecule has 12 heteroatoms. The lowest BCUT2D eigenvalue weighted by Gasteiger charge is -2.13. The van der Waals surface area contributed by atoms with E-state index in [4.69, 9.17) is 0 Å². The molecule has 0 saturated carbocycles. The van der Waals surface area contributed by atoms with Crippen molar-refractivity contribution in [3.8, 4) is 5.69 Å². The minimum atomic E-state index is -4.58. The summed E-state index contributed by atoms with van der Waals surface area (Å²) in [5.74, 6) is -0.200. The van der Waals surface area contributed by atoms with Gasteiger partial charge in [0.2, 0.25) is 5.91 Å². The number of carbonyl (C=O) groups is 1. The molecule has 0 aliphatic heterocycles. The number of halogens is 3. The molecule has 2 aromatic heterocycles. The molecule has 182 valence electrons. The molecule has 0 saturated heterocycles. The topological polar surface area (TPSA) is 90.5 Å². The number of aromatic nitrogens is 6. The average Bonchev–Trinajstić information content (AvgIpc) is 3.47. The van der Waals surface area contributed by atoms with E-state index in [0.29, 0.717) is 11.0 Å². The molecule has 36 heavy (non-hydrogen) atoms. The van der Waals surface area contributed by atoms with Crippen molar-refractivity contribution >= 4 is 34.4 Å². The largest absolute Gasteiger partial charge is 0.418 e. The van der Waals surface area contributed by atoms with Crippen LogP contribution in [0.25, 0.3) is 16.7 Å². The Kier molecular flexibility index (Phi) is 6.42. The summed E-state index contributed by atoms with van der Waals surface area (Å²) in [5, 5.41) is 19.7. The van der Waals surface area contributed by atoms with Crippen LogP contribution < -0.4 is 5.32 Å². The molecule has 0 spiro atoms. The van der Waals surface area contributed by atoms with Gasteiger partial charge in [-0.15, -0.1) is 15.3 Å². The highest BCUT2D eigenvalue weighted by atomic mass is 32.2. The molecule has 5 aromatic rings. The van der Waals surface area contributed by atoms with E-state index in [2.05, 4.69) is 25.8 Å². The molecule has 8 nitrogen and oxygen atoms in total. The highest BCUT2D eigenvalue weighted by Crippen LogP contribution is 2.34. The number of nitrogens with one attached hydrogen (secondary N) is 1. The number of hydrogen-bond donors (Lipinski definition) is 1. The van der Waals surface area contributed by atoms with E-state index >= 15 is 0 Å². The van der Waals surface area contributed by atoms with Gasteiger partial charge in [-0.1, -0.05) is 59.4 Å². The summed E-state index contributed by atoms with van der Waals surface area (Å²) in [4.78, 5) is 12.5. The van der Waals surface area contributed by atoms with Crippen LogP contribution >= 0.6 is 11.8 Å². The predicted molar refractivity (Wildman–Crippen MR) is 129 cm³/mol. The molecule has 3 aromatic carbocycles. The number of benzene rings is 3. The average molecular weight is 510 g/mol. The fourth-order valence-corrected chi connectivity index (χ4v) is 4.43. The zero-order valence-corrected chi connectivity index (χ0v) is 19.4. The number of fused-ring (bicyclic) bond motifs is 1. The number of carbonyl (C=O) groups excluding carboxylic acids is 1. The Morgan fingerprint density at radius 2 is 1.61 bits per heavy atom. The van der Waals surface area contributed by atoms with E-state index in [1.54, 1.807) is 9.25 Å². The van der Waals surface area contributed by atoms with Crippen LogP contribution in [0.1, 0.15) is 11.4 Å². The maximum Gasteiger partial charge on any atom is 0.418 e. The molecule has 0 unspecified atom stereocenters. The van der Waals surface area contributed by atoms with Gasteiger partial charge in [0, 0.05) is 5.69 Å². The smallest absolute Gasteiger partial charge is 0.325 e. The van der Waals surface area contributed by atoms with Gasteiger partial charge in [-0.2, -0.15) is 13.2 Å². The Bertz CT molecular complexity index is 1520. The van der Waals surface area contributed by atoms with Crippen LogP contribution in [0.3, 0.4) is 0 Å². The summed E-state index contributed by atoms with van der Waals surface area (Å²) in [6.45, 7) is 0.272. The summed E-state index contributed by atoms with van der Waals surface area (Å²) in [5.41, 5.74) is 1.15. The maximum atomic E-state index is 13.3. The van der Waals surface area contributed by atoms with Crippen molar-refractivity contribution < 1.29 is 18.0 Å². The molecule has 0 radical (unpaired) electrons. The quantitative estimate of drug-likeness (QED) is 0.317. The Morgan fingerprint density at radius 1 is 0.889 bits per heavy atom. The lowest BCUT2D eigenvalue weighted by Crippen LogP contribution is -2.18. The fraction of sp³-hybridized carbons (Fsp3) is 0.125. The molecular weight excluding hydrogens is 491 g/mol. The van der Waals surface area contributed by atoms with Gasteiger partial charge in [0.15, 0.2) is 11.0 Å². The van der Waals surface area contributed by atoms with Crippen LogP contribution in [0, 0.1) is 0 Å². The zero-order chi connectivity index (χ0) is 25.1. The number of hydrogen-bond acceptors (Lipinski definition) is 6. The third-order valence-corrected chi connectivity index (χ3v) is 6.19. The van der Waals surface area contributed by atoms with E-state index in [1.165, 1.54) is 18.2 Å². The summed E-state index contributed by atoms with van der Waals surface area (Å²) in [6.07, 6.45) is -4.58. The van der Waals surface area contributed by atoms with E-state index in [-0.39, 0.29) is 18.0 Å². The fourth-order valence-electron chi connectivity index (χ4n) is 3.66. The van der Waals surface area contributed by atoms with Gasteiger partial charge in [0.1, 0.15) is 12.1 Å². The first-order valence-corrected chi connectivity index (χ1v) is 11.8. The van der Waals surface area contributed by atoms with Crippen LogP contribution in [0.5, 0.6) is 0 Å². The number of anilines is 1. The van der Waals surface area contributed by atoms with Crippen molar-refractivity contribution in [1.82, 2.24) is 29.8 Å². The minimum absolute atomic E-state index is 0.163. The molecule has 2 heterocycles. The van der Waals surface area contributed by atoms with Crippen molar-refractivity contribution in [2.75, 3.05) is 11.1 Å². The molecule has 5 rings (SSSR count). The Hall–Kier alpha value is -4.19. The lowest BCUT2D eigenvalue weighted by molar-refractivity contribution is -0.137. The van der Waals surface area contributed by atoms with Crippen molar-refractivity contribution in [3.05, 3.63) is 90.3 Å². The van der Waals surface area contributed by atoms with E-state index in [0.717, 1.165) is 34.5 Å². The minimum Gasteiger partial charge on any atom is -0.325 e. The van der Waals surface area contributed by atoms with Crippen molar-refractivity contribution in [3.63, 3.8) is 0 Å². The number of thioether (sulfide) groups is 1. The summed E-state index contributed by atoms with van der Waals surface area (Å²) < 4.78 is 43.3. The van der Waals surface area contributed by atoms with Gasteiger partial charge in [-0.3, -0.25) is 9.36 Å². The maximum absolute atomic E-state index is 13.3. The molecular formula is C24H18F3N7OS. The highest BCUT2D eigenvalue weighted by Gasteiger charge is 2.33. The molecule has 1 amide bonds. The summed E-state index contributed by atoms with van der Waals surface area (Å²) >= 11 is 1.07. The Morgan fingerprint density at radius 3 is 2.42 bits per heavy atom. The van der Waals surface area contributed by atoms with Crippen LogP contribution in [0.2, 0.25) is 0 Å². The Balaban J connectivity index is 1.38. The van der Waals surface area contributed by atoms with Crippen LogP contribution in [-0.2, 0) is 17.5 Å². The standard InChI is InChI=1S/C24H18F3N7OS/c25-24(26,27)17-10-4-5-11-18(17)28-22(35)15-36-23-31-30-21(34(23)16-8-2-1-3-9-16)14-33-20-13-7-6-12-19(20)29-32-33/h1-13H,14-15H2,(H,28,35). The normalized spacial score (nSPS) is 11.6. The first-order chi connectivity index (χ1) is 17.4. The second kappa shape index (κ2) is 9.82. The number of nitrogens with zero attached hydrogens (tertiary/aromatic N) is 6. The molecule has 0 fully saturated rings. The van der Waals surface area contributed by atoms with Crippen molar-refractivity contribution in [2.24, 2.45) is 0 Å². The first-order valence-electron chi connectivity index (χ1n) is 10.8. The zero-order valence-electron chi connectivity index (χ0n) is 18.6. The van der Waals surface area contributed by atoms with Gasteiger partial charge >= 0.3 is 6.18 Å². The predicted octanol–water partition coefficient (Wildman–Crippen LogP) is 4.81. The van der Waals surface area contributed by atoms with Gasteiger partial charge in [-0.25, -0.2) is 4.68 Å². The Labute approximate surface area is 207 Å². The molecule has 0 aliphatic rings. The number of amides is 1. The van der Waals surface area contributed by atoms with Gasteiger partial charge < -0.3 is 5.32 Å². The molecule has 0 bridgehead atoms. The highest BCUT2D eigenvalue weighted by molar-refractivity contribution is 7.99. The van der Waals surface area contributed by atoms with E-state index in [9.17, 15) is 18.0 Å². The van der Waals surface area contributed by atoms with Crippen LogP contribution in [0.4, 0.5) is 18.9 Å². The SMILES string of the molecule is O=C(CSc1nnc(Cn2nnc3ccccc32)n1-c1ccccc1)Nc1ccccc1C(F)(F)F. The second-order valence-corrected chi connectivity index (χ2v) is 8.63. The lowest BCUT2D eigenvalue weighted by atomic mass is 10.1. The number of alkyl halides is 3. The number of rotatable bonds is 7. The van der Waals surface area contributed by atoms with Crippen molar-refractivity contribution in [2.45, 2.75) is 17.9 Å². The van der Waals surface area contributed by atoms with Gasteiger partial charge in [0.25, 0.3) is 0 Å². The van der Waals surface area contributed by atoms with Crippen LogP contribution in [0.15, 0.2) is 84.0 Å². The van der Waals surface area contributed by atoms with Crippen molar-refractivity contribution in [1.29, 1.82) is 0 Å². The van der Waals surface area contributed by atoms with Crippen LogP contribution in [-0.4, -0.2) is 41.4 Å². The third-order valence-electron chi connectivity index (χ3n) is 5.27.